The average molecular weight is 264 g/mol. The Morgan fingerprint density at radius 3 is 2.53 bits per heavy atom. The van der Waals surface area contributed by atoms with Gasteiger partial charge in [0.2, 0.25) is 0 Å². The lowest BCUT2D eigenvalue weighted by atomic mass is 10.1. The first-order valence-electron chi connectivity index (χ1n) is 6.01. The number of rotatable bonds is 4. The Morgan fingerprint density at radius 1 is 1.11 bits per heavy atom. The summed E-state index contributed by atoms with van der Waals surface area (Å²) in [5.41, 5.74) is 0.620. The molecule has 100 valence electrons. The standard InChI is InChI=1S/C15H14F2O2/c1-2-14(18)11-5-3-4-6-15(11)19-10-7-8-12(16)13(17)9-10/h3-9,14,18H,2H2,1H3/t14-/m1/s1. The fourth-order valence-corrected chi connectivity index (χ4v) is 1.74. The quantitative estimate of drug-likeness (QED) is 0.896. The first-order valence-corrected chi connectivity index (χ1v) is 6.01. The number of para-hydroxylation sites is 1. The fraction of sp³-hybridized carbons (Fsp3) is 0.200. The molecule has 0 aromatic heterocycles. The van der Waals surface area contributed by atoms with Gasteiger partial charge in [0.15, 0.2) is 11.6 Å². The van der Waals surface area contributed by atoms with E-state index in [9.17, 15) is 13.9 Å². The van der Waals surface area contributed by atoms with Crippen LogP contribution in [0.3, 0.4) is 0 Å². The van der Waals surface area contributed by atoms with Crippen LogP contribution in [0.5, 0.6) is 11.5 Å². The van der Waals surface area contributed by atoms with Crippen LogP contribution in [0, 0.1) is 11.6 Å². The summed E-state index contributed by atoms with van der Waals surface area (Å²) in [6.45, 7) is 1.85. The van der Waals surface area contributed by atoms with Crippen molar-refractivity contribution in [2.45, 2.75) is 19.4 Å². The van der Waals surface area contributed by atoms with Crippen LogP contribution >= 0.6 is 0 Å². The number of ether oxygens (including phenoxy) is 1. The SMILES string of the molecule is CC[C@@H](O)c1ccccc1Oc1ccc(F)c(F)c1. The van der Waals surface area contributed by atoms with Crippen molar-refractivity contribution in [3.8, 4) is 11.5 Å². The maximum Gasteiger partial charge on any atom is 0.162 e. The smallest absolute Gasteiger partial charge is 0.162 e. The summed E-state index contributed by atoms with van der Waals surface area (Å²) in [6, 6.07) is 10.3. The van der Waals surface area contributed by atoms with Gasteiger partial charge in [-0.05, 0) is 24.6 Å². The normalized spacial score (nSPS) is 12.2. The molecule has 0 amide bonds. The number of aliphatic hydroxyl groups is 1. The predicted molar refractivity (Wildman–Crippen MR) is 68.1 cm³/mol. The molecule has 0 aliphatic heterocycles. The van der Waals surface area contributed by atoms with Gasteiger partial charge in [0.25, 0.3) is 0 Å². The Balaban J connectivity index is 2.30. The van der Waals surface area contributed by atoms with E-state index in [1.807, 2.05) is 6.92 Å². The molecule has 0 aliphatic rings. The highest BCUT2D eigenvalue weighted by Gasteiger charge is 2.12. The minimum absolute atomic E-state index is 0.189. The van der Waals surface area contributed by atoms with E-state index in [-0.39, 0.29) is 5.75 Å². The molecule has 0 saturated heterocycles. The Kier molecular flexibility index (Phi) is 4.12. The lowest BCUT2D eigenvalue weighted by Crippen LogP contribution is -1.99. The van der Waals surface area contributed by atoms with Gasteiger partial charge in [-0.25, -0.2) is 8.78 Å². The summed E-state index contributed by atoms with van der Waals surface area (Å²) >= 11 is 0. The minimum Gasteiger partial charge on any atom is -0.457 e. The van der Waals surface area contributed by atoms with Crippen molar-refractivity contribution in [1.82, 2.24) is 0 Å². The van der Waals surface area contributed by atoms with Crippen LogP contribution in [-0.2, 0) is 0 Å². The number of halogens is 2. The molecule has 1 atom stereocenters. The van der Waals surface area contributed by atoms with Crippen molar-refractivity contribution in [3.63, 3.8) is 0 Å². The molecule has 0 spiro atoms. The second-order valence-electron chi connectivity index (χ2n) is 4.14. The van der Waals surface area contributed by atoms with Gasteiger partial charge in [0.05, 0.1) is 6.10 Å². The van der Waals surface area contributed by atoms with Gasteiger partial charge in [-0.1, -0.05) is 25.1 Å². The van der Waals surface area contributed by atoms with E-state index in [0.29, 0.717) is 17.7 Å². The van der Waals surface area contributed by atoms with E-state index < -0.39 is 17.7 Å². The van der Waals surface area contributed by atoms with Crippen LogP contribution in [-0.4, -0.2) is 5.11 Å². The second-order valence-corrected chi connectivity index (χ2v) is 4.14. The molecular weight excluding hydrogens is 250 g/mol. The van der Waals surface area contributed by atoms with Crippen LogP contribution in [0.4, 0.5) is 8.78 Å². The van der Waals surface area contributed by atoms with Gasteiger partial charge in [-0.3, -0.25) is 0 Å². The molecular formula is C15H14F2O2. The van der Waals surface area contributed by atoms with E-state index in [0.717, 1.165) is 12.1 Å². The summed E-state index contributed by atoms with van der Waals surface area (Å²) < 4.78 is 31.4. The molecule has 0 bridgehead atoms. The van der Waals surface area contributed by atoms with Crippen LogP contribution in [0.1, 0.15) is 25.0 Å². The monoisotopic (exact) mass is 264 g/mol. The van der Waals surface area contributed by atoms with Crippen molar-refractivity contribution in [2.75, 3.05) is 0 Å². The summed E-state index contributed by atoms with van der Waals surface area (Å²) in [4.78, 5) is 0. The Labute approximate surface area is 110 Å². The first kappa shape index (κ1) is 13.5. The summed E-state index contributed by atoms with van der Waals surface area (Å²) in [5, 5.41) is 9.87. The maximum absolute atomic E-state index is 13.1. The zero-order chi connectivity index (χ0) is 13.8. The van der Waals surface area contributed by atoms with Crippen LogP contribution < -0.4 is 4.74 Å². The summed E-state index contributed by atoms with van der Waals surface area (Å²) in [7, 11) is 0. The highest BCUT2D eigenvalue weighted by atomic mass is 19.2. The molecule has 0 aliphatic carbocycles. The van der Waals surface area contributed by atoms with Crippen molar-refractivity contribution in [1.29, 1.82) is 0 Å². The van der Waals surface area contributed by atoms with E-state index in [1.165, 1.54) is 6.07 Å². The van der Waals surface area contributed by atoms with Gasteiger partial charge in [-0.15, -0.1) is 0 Å². The molecule has 2 rings (SSSR count). The molecule has 2 aromatic carbocycles. The molecule has 0 unspecified atom stereocenters. The Morgan fingerprint density at radius 2 is 1.84 bits per heavy atom. The molecule has 0 saturated carbocycles. The van der Waals surface area contributed by atoms with Gasteiger partial charge in [0.1, 0.15) is 11.5 Å². The number of benzene rings is 2. The van der Waals surface area contributed by atoms with Crippen molar-refractivity contribution in [2.24, 2.45) is 0 Å². The molecule has 1 N–H and O–H groups in total. The van der Waals surface area contributed by atoms with Crippen molar-refractivity contribution >= 4 is 0 Å². The maximum atomic E-state index is 13.1. The summed E-state index contributed by atoms with van der Waals surface area (Å²) in [6.07, 6.45) is -0.112. The minimum atomic E-state index is -0.967. The van der Waals surface area contributed by atoms with Crippen LogP contribution in [0.2, 0.25) is 0 Å². The van der Waals surface area contributed by atoms with Gasteiger partial charge < -0.3 is 9.84 Å². The topological polar surface area (TPSA) is 29.5 Å². The molecule has 2 aromatic rings. The van der Waals surface area contributed by atoms with Gasteiger partial charge in [-0.2, -0.15) is 0 Å². The van der Waals surface area contributed by atoms with Crippen LogP contribution in [0.25, 0.3) is 0 Å². The number of aliphatic hydroxyl groups excluding tert-OH is 1. The zero-order valence-corrected chi connectivity index (χ0v) is 10.4. The number of hydrogen-bond acceptors (Lipinski definition) is 2. The second kappa shape index (κ2) is 5.80. The lowest BCUT2D eigenvalue weighted by molar-refractivity contribution is 0.170. The largest absolute Gasteiger partial charge is 0.457 e. The predicted octanol–water partition coefficient (Wildman–Crippen LogP) is 4.20. The van der Waals surface area contributed by atoms with Gasteiger partial charge >= 0.3 is 0 Å². The third kappa shape index (κ3) is 3.09. The molecule has 0 heterocycles. The highest BCUT2D eigenvalue weighted by molar-refractivity contribution is 5.39. The zero-order valence-electron chi connectivity index (χ0n) is 10.4. The van der Waals surface area contributed by atoms with E-state index in [2.05, 4.69) is 0 Å². The third-order valence-corrected chi connectivity index (χ3v) is 2.78. The highest BCUT2D eigenvalue weighted by Crippen LogP contribution is 2.31. The van der Waals surface area contributed by atoms with Crippen molar-refractivity contribution < 1.29 is 18.6 Å². The van der Waals surface area contributed by atoms with Gasteiger partial charge in [0, 0.05) is 11.6 Å². The van der Waals surface area contributed by atoms with Crippen LogP contribution in [0.15, 0.2) is 42.5 Å². The van der Waals surface area contributed by atoms with E-state index in [1.54, 1.807) is 24.3 Å². The molecule has 4 heteroatoms. The fourth-order valence-electron chi connectivity index (χ4n) is 1.74. The van der Waals surface area contributed by atoms with Crippen molar-refractivity contribution in [3.05, 3.63) is 59.7 Å². The number of hydrogen-bond donors (Lipinski definition) is 1. The summed E-state index contributed by atoms with van der Waals surface area (Å²) in [5.74, 6) is -1.27. The molecule has 19 heavy (non-hydrogen) atoms. The van der Waals surface area contributed by atoms with E-state index in [4.69, 9.17) is 4.74 Å². The Bertz CT molecular complexity index is 570. The third-order valence-electron chi connectivity index (χ3n) is 2.78. The molecule has 0 fully saturated rings. The first-order chi connectivity index (χ1) is 9.11. The molecule has 2 nitrogen and oxygen atoms in total. The molecule has 0 radical (unpaired) electrons. The lowest BCUT2D eigenvalue weighted by Gasteiger charge is -2.14. The van der Waals surface area contributed by atoms with E-state index >= 15 is 0 Å². The average Bonchev–Trinajstić information content (AvgIpc) is 2.43. The Hall–Kier alpha value is -1.94.